The minimum Gasteiger partial charge on any atom is -0.427 e. The van der Waals surface area contributed by atoms with Crippen molar-refractivity contribution in [3.63, 3.8) is 0 Å². The average molecular weight is 198 g/mol. The first-order valence-electron chi connectivity index (χ1n) is 3.76. The second-order valence-corrected chi connectivity index (χ2v) is 4.39. The molecule has 70 valence electrons. The molecule has 0 bridgehead atoms. The number of hydrogen-bond acceptors (Lipinski definition) is 2. The van der Waals surface area contributed by atoms with E-state index in [1.54, 1.807) is 30.3 Å². The second kappa shape index (κ2) is 3.77. The summed E-state index contributed by atoms with van der Waals surface area (Å²) < 4.78 is 16.2. The zero-order chi connectivity index (χ0) is 9.90. The molecule has 4 heteroatoms. The predicted octanol–water partition coefficient (Wildman–Crippen LogP) is 2.05. The van der Waals surface area contributed by atoms with Gasteiger partial charge in [-0.2, -0.15) is 0 Å². The van der Waals surface area contributed by atoms with Gasteiger partial charge in [-0.25, -0.2) is 4.57 Å². The normalized spacial score (nSPS) is 14.6. The van der Waals surface area contributed by atoms with Gasteiger partial charge in [0.1, 0.15) is 0 Å². The van der Waals surface area contributed by atoms with Crippen LogP contribution < -0.4 is 5.30 Å². The van der Waals surface area contributed by atoms with Crippen molar-refractivity contribution in [1.29, 1.82) is 0 Å². The maximum atomic E-state index is 11.5. The van der Waals surface area contributed by atoms with Crippen molar-refractivity contribution < 1.29 is 14.0 Å². The van der Waals surface area contributed by atoms with Crippen molar-refractivity contribution in [2.75, 3.05) is 0 Å². The van der Waals surface area contributed by atoms with Crippen molar-refractivity contribution in [3.8, 4) is 0 Å². The Labute approximate surface area is 77.2 Å². The number of benzene rings is 1. The van der Waals surface area contributed by atoms with Crippen LogP contribution >= 0.6 is 7.60 Å². The first-order chi connectivity index (χ1) is 6.02. The highest BCUT2D eigenvalue weighted by molar-refractivity contribution is 7.61. The van der Waals surface area contributed by atoms with Crippen LogP contribution in [-0.4, -0.2) is 4.89 Å². The van der Waals surface area contributed by atoms with Gasteiger partial charge in [0.25, 0.3) is 0 Å². The lowest BCUT2D eigenvalue weighted by Gasteiger charge is -2.12. The highest BCUT2D eigenvalue weighted by Crippen LogP contribution is 2.42. The summed E-state index contributed by atoms with van der Waals surface area (Å²) in [5.41, 5.74) is 0. The van der Waals surface area contributed by atoms with Crippen LogP contribution in [0.15, 0.2) is 42.7 Å². The van der Waals surface area contributed by atoms with Crippen LogP contribution in [0, 0.1) is 0 Å². The van der Waals surface area contributed by atoms with Gasteiger partial charge in [0.05, 0.1) is 11.1 Å². The fraction of sp³-hybridized carbons (Fsp3) is 0.111. The third kappa shape index (κ3) is 2.72. The molecular formula is C9H11O3P. The summed E-state index contributed by atoms with van der Waals surface area (Å²) in [5, 5.41) is 0.276. The van der Waals surface area contributed by atoms with Crippen molar-refractivity contribution in [2.24, 2.45) is 0 Å². The Kier molecular flexibility index (Phi) is 2.91. The van der Waals surface area contributed by atoms with Crippen LogP contribution in [-0.2, 0) is 9.09 Å². The molecule has 0 aliphatic heterocycles. The molecule has 0 aliphatic carbocycles. The summed E-state index contributed by atoms with van der Waals surface area (Å²) in [6, 6.07) is 8.22. The highest BCUT2D eigenvalue weighted by Gasteiger charge is 2.22. The molecule has 0 fully saturated rings. The minimum absolute atomic E-state index is 0.231. The molecule has 0 heterocycles. The Hall–Kier alpha value is -1.05. The molecule has 0 saturated heterocycles. The van der Waals surface area contributed by atoms with Crippen molar-refractivity contribution >= 4 is 12.9 Å². The van der Waals surface area contributed by atoms with Gasteiger partial charge in [-0.15, -0.1) is 0 Å². The largest absolute Gasteiger partial charge is 0.427 e. The Balaban J connectivity index is 2.95. The minimum atomic E-state index is -3.70. The van der Waals surface area contributed by atoms with Crippen LogP contribution in [0.2, 0.25) is 0 Å². The maximum absolute atomic E-state index is 11.5. The van der Waals surface area contributed by atoms with Crippen LogP contribution in [0.3, 0.4) is 0 Å². The smallest absolute Gasteiger partial charge is 0.407 e. The van der Waals surface area contributed by atoms with Crippen molar-refractivity contribution in [2.45, 2.75) is 6.92 Å². The van der Waals surface area contributed by atoms with E-state index in [0.717, 1.165) is 0 Å². The molecule has 1 aromatic carbocycles. The first-order valence-corrected chi connectivity index (χ1v) is 5.33. The lowest BCUT2D eigenvalue weighted by Crippen LogP contribution is -2.05. The van der Waals surface area contributed by atoms with E-state index in [2.05, 4.69) is 6.58 Å². The molecule has 0 spiro atoms. The van der Waals surface area contributed by atoms with Gasteiger partial charge < -0.3 is 9.42 Å². The third-order valence-electron chi connectivity index (χ3n) is 1.36. The summed E-state index contributed by atoms with van der Waals surface area (Å²) >= 11 is 0. The highest BCUT2D eigenvalue weighted by atomic mass is 31.2. The van der Waals surface area contributed by atoms with E-state index < -0.39 is 7.60 Å². The van der Waals surface area contributed by atoms with E-state index in [4.69, 9.17) is 4.52 Å². The van der Waals surface area contributed by atoms with E-state index in [-0.39, 0.29) is 11.1 Å². The fourth-order valence-electron chi connectivity index (χ4n) is 0.880. The van der Waals surface area contributed by atoms with Crippen LogP contribution in [0.25, 0.3) is 0 Å². The third-order valence-corrected chi connectivity index (χ3v) is 2.87. The topological polar surface area (TPSA) is 46.5 Å². The van der Waals surface area contributed by atoms with E-state index in [1.165, 1.54) is 6.92 Å². The Morgan fingerprint density at radius 1 is 1.46 bits per heavy atom. The molecule has 13 heavy (non-hydrogen) atoms. The molecule has 0 aliphatic rings. The molecule has 1 N–H and O–H groups in total. The molecule has 0 amide bonds. The van der Waals surface area contributed by atoms with E-state index in [1.807, 2.05) is 0 Å². The van der Waals surface area contributed by atoms with Gasteiger partial charge in [-0.3, -0.25) is 0 Å². The van der Waals surface area contributed by atoms with Gasteiger partial charge in [-0.05, 0) is 19.1 Å². The Bertz CT molecular complexity index is 345. The van der Waals surface area contributed by atoms with Crippen LogP contribution in [0.5, 0.6) is 0 Å². The predicted molar refractivity (Wildman–Crippen MR) is 51.8 cm³/mol. The molecule has 1 atom stereocenters. The zero-order valence-corrected chi connectivity index (χ0v) is 8.20. The quantitative estimate of drug-likeness (QED) is 0.597. The van der Waals surface area contributed by atoms with E-state index in [0.29, 0.717) is 0 Å². The van der Waals surface area contributed by atoms with Gasteiger partial charge >= 0.3 is 7.60 Å². The SMILES string of the molecule is C=C(C)OP(=O)(O)c1ccccc1. The van der Waals surface area contributed by atoms with Gasteiger partial charge in [-0.1, -0.05) is 24.8 Å². The summed E-state index contributed by atoms with van der Waals surface area (Å²) in [6.07, 6.45) is 0. The van der Waals surface area contributed by atoms with Crippen molar-refractivity contribution in [1.82, 2.24) is 0 Å². The summed E-state index contributed by atoms with van der Waals surface area (Å²) in [4.78, 5) is 9.43. The maximum Gasteiger partial charge on any atom is 0.407 e. The summed E-state index contributed by atoms with van der Waals surface area (Å²) in [5.74, 6) is 0.231. The van der Waals surface area contributed by atoms with Crippen LogP contribution in [0.4, 0.5) is 0 Å². The molecule has 3 nitrogen and oxygen atoms in total. The molecular weight excluding hydrogens is 187 g/mol. The number of rotatable bonds is 3. The van der Waals surface area contributed by atoms with Crippen molar-refractivity contribution in [3.05, 3.63) is 42.7 Å². The molecule has 0 aromatic heterocycles. The van der Waals surface area contributed by atoms with Gasteiger partial charge in [0.2, 0.25) is 0 Å². The summed E-state index contributed by atoms with van der Waals surface area (Å²) in [7, 11) is -3.70. The number of allylic oxidation sites excluding steroid dienone is 1. The monoisotopic (exact) mass is 198 g/mol. The summed E-state index contributed by atoms with van der Waals surface area (Å²) in [6.45, 7) is 4.94. The molecule has 0 saturated carbocycles. The first kappa shape index (κ1) is 10.0. The van der Waals surface area contributed by atoms with Gasteiger partial charge in [0, 0.05) is 0 Å². The standard InChI is InChI=1S/C9H11O3P/c1-8(2)12-13(10,11)9-6-4-3-5-7-9/h3-7H,1H2,2H3,(H,10,11). The second-order valence-electron chi connectivity index (χ2n) is 2.65. The lowest BCUT2D eigenvalue weighted by molar-refractivity contribution is 0.338. The molecule has 1 rings (SSSR count). The number of hydrogen-bond donors (Lipinski definition) is 1. The zero-order valence-electron chi connectivity index (χ0n) is 7.30. The fourth-order valence-corrected chi connectivity index (χ4v) is 1.96. The van der Waals surface area contributed by atoms with E-state index >= 15 is 0 Å². The van der Waals surface area contributed by atoms with Crippen LogP contribution in [0.1, 0.15) is 6.92 Å². The lowest BCUT2D eigenvalue weighted by atomic mass is 10.4. The average Bonchev–Trinajstić information content (AvgIpc) is 2.04. The Morgan fingerprint density at radius 2 is 2.00 bits per heavy atom. The molecule has 1 aromatic rings. The van der Waals surface area contributed by atoms with Gasteiger partial charge in [0.15, 0.2) is 0 Å². The molecule has 0 radical (unpaired) electrons. The van der Waals surface area contributed by atoms with E-state index in [9.17, 15) is 9.46 Å². The molecule has 1 unspecified atom stereocenters. The Morgan fingerprint density at radius 3 is 2.46 bits per heavy atom.